The molecule has 1 heterocycles. The maximum absolute atomic E-state index is 12.4. The van der Waals surface area contributed by atoms with Gasteiger partial charge in [-0.2, -0.15) is 0 Å². The first kappa shape index (κ1) is 18.9. The van der Waals surface area contributed by atoms with Crippen molar-refractivity contribution in [2.24, 2.45) is 0 Å². The van der Waals surface area contributed by atoms with Crippen molar-refractivity contribution in [3.05, 3.63) is 87.2 Å². The molecule has 0 aliphatic heterocycles. The molecule has 0 fully saturated rings. The van der Waals surface area contributed by atoms with E-state index < -0.39 is 10.8 Å². The van der Waals surface area contributed by atoms with Crippen molar-refractivity contribution in [2.75, 3.05) is 0 Å². The highest BCUT2D eigenvalue weighted by atomic mass is 79.9. The van der Waals surface area contributed by atoms with Gasteiger partial charge in [0, 0.05) is 20.9 Å². The fourth-order valence-corrected chi connectivity index (χ4v) is 3.66. The number of hydrogen-bond acceptors (Lipinski definition) is 3. The van der Waals surface area contributed by atoms with E-state index in [-0.39, 0.29) is 17.4 Å². The van der Waals surface area contributed by atoms with E-state index >= 15 is 0 Å². The number of nitrogens with one attached hydrogen (secondary N) is 1. The second-order valence-corrected chi connectivity index (χ2v) is 8.32. The quantitative estimate of drug-likeness (QED) is 0.577. The molecule has 2 aromatic carbocycles. The van der Waals surface area contributed by atoms with Gasteiger partial charge in [-0.15, -0.1) is 0 Å². The third-order valence-electron chi connectivity index (χ3n) is 3.60. The number of furan rings is 1. The van der Waals surface area contributed by atoms with Crippen LogP contribution in [0, 0.1) is 0 Å². The van der Waals surface area contributed by atoms with E-state index in [1.807, 2.05) is 24.3 Å². The maximum Gasteiger partial charge on any atom is 0.287 e. The average molecular weight is 453 g/mol. The normalized spacial score (nSPS) is 11.9. The second-order valence-electron chi connectivity index (χ2n) is 5.52. The Morgan fingerprint density at radius 3 is 2.42 bits per heavy atom. The van der Waals surface area contributed by atoms with Gasteiger partial charge >= 0.3 is 0 Å². The lowest BCUT2D eigenvalue weighted by Crippen LogP contribution is -2.22. The molecule has 0 unspecified atom stereocenters. The molecule has 0 saturated heterocycles. The van der Waals surface area contributed by atoms with Crippen molar-refractivity contribution < 1.29 is 13.4 Å². The van der Waals surface area contributed by atoms with Gasteiger partial charge < -0.3 is 9.73 Å². The summed E-state index contributed by atoms with van der Waals surface area (Å²) in [5, 5.41) is 3.43. The highest BCUT2D eigenvalue weighted by Gasteiger charge is 2.13. The van der Waals surface area contributed by atoms with E-state index in [4.69, 9.17) is 16.0 Å². The van der Waals surface area contributed by atoms with E-state index in [0.29, 0.717) is 22.2 Å². The van der Waals surface area contributed by atoms with Gasteiger partial charge in [0.2, 0.25) is 0 Å². The number of halogens is 2. The van der Waals surface area contributed by atoms with Gasteiger partial charge in [-0.25, -0.2) is 0 Å². The molecule has 3 rings (SSSR count). The van der Waals surface area contributed by atoms with Crippen LogP contribution in [0.3, 0.4) is 0 Å². The highest BCUT2D eigenvalue weighted by Crippen LogP contribution is 2.18. The first-order chi connectivity index (χ1) is 12.5. The molecule has 26 heavy (non-hydrogen) atoms. The average Bonchev–Trinajstić information content (AvgIpc) is 3.10. The molecule has 3 aromatic rings. The monoisotopic (exact) mass is 451 g/mol. The lowest BCUT2D eigenvalue weighted by Gasteiger charge is -2.04. The van der Waals surface area contributed by atoms with Gasteiger partial charge in [0.05, 0.1) is 16.6 Å². The van der Waals surface area contributed by atoms with E-state index in [9.17, 15) is 9.00 Å². The summed E-state index contributed by atoms with van der Waals surface area (Å²) < 4.78 is 18.8. The summed E-state index contributed by atoms with van der Waals surface area (Å²) in [6, 6.07) is 17.8. The molecule has 0 aliphatic carbocycles. The molecule has 0 aliphatic rings. The van der Waals surface area contributed by atoms with E-state index in [1.54, 1.807) is 36.4 Å². The van der Waals surface area contributed by atoms with Gasteiger partial charge in [0.15, 0.2) is 5.76 Å². The summed E-state index contributed by atoms with van der Waals surface area (Å²) in [5.74, 6) is 0.594. The molecule has 1 atom stereocenters. The van der Waals surface area contributed by atoms with Crippen LogP contribution in [0.1, 0.15) is 21.9 Å². The van der Waals surface area contributed by atoms with Crippen molar-refractivity contribution in [1.82, 2.24) is 5.32 Å². The summed E-state index contributed by atoms with van der Waals surface area (Å²) in [7, 11) is -1.24. The molecule has 1 N–H and O–H groups in total. The van der Waals surface area contributed by atoms with Crippen LogP contribution in [-0.2, 0) is 23.1 Å². The van der Waals surface area contributed by atoms with Gasteiger partial charge in [0.1, 0.15) is 5.76 Å². The summed E-state index contributed by atoms with van der Waals surface area (Å²) in [6.45, 7) is 0.372. The SMILES string of the molecule is O=C(NCc1ccc(Cl)cc1)c1ccc(C[S@](=O)c2ccc(Br)cc2)o1. The van der Waals surface area contributed by atoms with Crippen molar-refractivity contribution in [3.8, 4) is 0 Å². The lowest BCUT2D eigenvalue weighted by atomic mass is 10.2. The minimum absolute atomic E-state index is 0.196. The van der Waals surface area contributed by atoms with Gasteiger partial charge in [-0.05, 0) is 54.1 Å². The zero-order valence-corrected chi connectivity index (χ0v) is 16.7. The van der Waals surface area contributed by atoms with Crippen LogP contribution >= 0.6 is 27.5 Å². The number of amides is 1. The Morgan fingerprint density at radius 1 is 1.04 bits per heavy atom. The predicted molar refractivity (Wildman–Crippen MR) is 106 cm³/mol. The Kier molecular flexibility index (Phi) is 6.29. The summed E-state index contributed by atoms with van der Waals surface area (Å²) >= 11 is 9.18. The molecule has 0 spiro atoms. The van der Waals surface area contributed by atoms with Crippen molar-refractivity contribution in [1.29, 1.82) is 0 Å². The fourth-order valence-electron chi connectivity index (χ4n) is 2.25. The summed E-state index contributed by atoms with van der Waals surface area (Å²) in [4.78, 5) is 12.9. The molecule has 0 bridgehead atoms. The Hall–Kier alpha value is -1.89. The smallest absolute Gasteiger partial charge is 0.287 e. The second kappa shape index (κ2) is 8.66. The Balaban J connectivity index is 1.58. The van der Waals surface area contributed by atoms with Crippen LogP contribution in [0.4, 0.5) is 0 Å². The molecule has 134 valence electrons. The van der Waals surface area contributed by atoms with E-state index in [2.05, 4.69) is 21.2 Å². The zero-order valence-electron chi connectivity index (χ0n) is 13.6. The number of hydrogen-bond donors (Lipinski definition) is 1. The summed E-state index contributed by atoms with van der Waals surface area (Å²) in [6.07, 6.45) is 0. The molecule has 1 aromatic heterocycles. The molecular weight excluding hydrogens is 438 g/mol. The van der Waals surface area contributed by atoms with Crippen LogP contribution in [0.5, 0.6) is 0 Å². The first-order valence-electron chi connectivity index (χ1n) is 7.76. The van der Waals surface area contributed by atoms with Crippen molar-refractivity contribution in [3.63, 3.8) is 0 Å². The topological polar surface area (TPSA) is 59.3 Å². The summed E-state index contributed by atoms with van der Waals surface area (Å²) in [5.41, 5.74) is 0.936. The third-order valence-corrected chi connectivity index (χ3v) is 5.73. The van der Waals surface area contributed by atoms with Crippen molar-refractivity contribution in [2.45, 2.75) is 17.2 Å². The number of benzene rings is 2. The molecule has 7 heteroatoms. The van der Waals surface area contributed by atoms with Crippen molar-refractivity contribution >= 4 is 44.2 Å². The largest absolute Gasteiger partial charge is 0.455 e. The van der Waals surface area contributed by atoms with Crippen LogP contribution in [-0.4, -0.2) is 10.1 Å². The number of rotatable bonds is 6. The molecule has 0 radical (unpaired) electrons. The highest BCUT2D eigenvalue weighted by molar-refractivity contribution is 9.10. The first-order valence-corrected chi connectivity index (χ1v) is 10.3. The van der Waals surface area contributed by atoms with E-state index in [0.717, 1.165) is 10.0 Å². The molecule has 1 amide bonds. The van der Waals surface area contributed by atoms with Crippen LogP contribution in [0.2, 0.25) is 5.02 Å². The van der Waals surface area contributed by atoms with Crippen LogP contribution in [0.25, 0.3) is 0 Å². The number of carbonyl (C=O) groups is 1. The Bertz CT molecular complexity index is 923. The zero-order chi connectivity index (χ0) is 18.5. The van der Waals surface area contributed by atoms with E-state index in [1.165, 1.54) is 0 Å². The standard InChI is InChI=1S/C19H15BrClNO3S/c20-14-3-8-17(9-4-14)26(24)12-16-7-10-18(25-16)19(23)22-11-13-1-5-15(21)6-2-13/h1-10H,11-12H2,(H,22,23)/t26-/m0/s1. The Labute approximate surface area is 167 Å². The van der Waals surface area contributed by atoms with Gasteiger partial charge in [-0.3, -0.25) is 9.00 Å². The molecule has 4 nitrogen and oxygen atoms in total. The molecular formula is C19H15BrClNO3S. The minimum Gasteiger partial charge on any atom is -0.455 e. The Morgan fingerprint density at radius 2 is 1.73 bits per heavy atom. The van der Waals surface area contributed by atoms with Crippen LogP contribution in [0.15, 0.2) is 74.4 Å². The minimum atomic E-state index is -1.24. The predicted octanol–water partition coefficient (Wildman–Crippen LogP) is 4.93. The lowest BCUT2D eigenvalue weighted by molar-refractivity contribution is 0.0921. The third kappa shape index (κ3) is 5.06. The van der Waals surface area contributed by atoms with Gasteiger partial charge in [0.25, 0.3) is 5.91 Å². The van der Waals surface area contributed by atoms with Gasteiger partial charge in [-0.1, -0.05) is 39.7 Å². The fraction of sp³-hybridized carbons (Fsp3) is 0.105. The van der Waals surface area contributed by atoms with Crippen LogP contribution < -0.4 is 5.32 Å². The molecule has 0 saturated carbocycles. The number of carbonyl (C=O) groups excluding carboxylic acids is 1. The maximum atomic E-state index is 12.4.